The highest BCUT2D eigenvalue weighted by atomic mass is 35.5. The van der Waals surface area contributed by atoms with Gasteiger partial charge in [0.1, 0.15) is 0 Å². The zero-order valence-corrected chi connectivity index (χ0v) is 12.2. The molecule has 3 nitrogen and oxygen atoms in total. The quantitative estimate of drug-likeness (QED) is 0.798. The fourth-order valence-electron chi connectivity index (χ4n) is 2.58. The van der Waals surface area contributed by atoms with Gasteiger partial charge in [0.05, 0.1) is 13.0 Å². The van der Waals surface area contributed by atoms with Gasteiger partial charge in [-0.05, 0) is 43.5 Å². The summed E-state index contributed by atoms with van der Waals surface area (Å²) in [5.41, 5.74) is 2.29. The summed E-state index contributed by atoms with van der Waals surface area (Å²) < 4.78 is 4.84. The molecule has 1 aromatic carbocycles. The first-order valence-corrected chi connectivity index (χ1v) is 7.03. The fraction of sp³-hybridized carbons (Fsp3) is 0.533. The van der Waals surface area contributed by atoms with Crippen LogP contribution < -0.4 is 0 Å². The highest BCUT2D eigenvalue weighted by Gasteiger charge is 2.26. The number of halogens is 1. The maximum atomic E-state index is 11.6. The molecule has 1 unspecified atom stereocenters. The van der Waals surface area contributed by atoms with Crippen LogP contribution in [0.5, 0.6) is 0 Å². The largest absolute Gasteiger partial charge is 0.469 e. The summed E-state index contributed by atoms with van der Waals surface area (Å²) >= 11 is 6.26. The third kappa shape index (κ3) is 3.71. The van der Waals surface area contributed by atoms with E-state index in [1.807, 2.05) is 13.0 Å². The summed E-state index contributed by atoms with van der Waals surface area (Å²) in [7, 11) is 1.46. The average Bonchev–Trinajstić information content (AvgIpc) is 2.41. The number of rotatable bonds is 3. The lowest BCUT2D eigenvalue weighted by Gasteiger charge is -2.31. The van der Waals surface area contributed by atoms with Gasteiger partial charge in [0.25, 0.3) is 0 Å². The number of methoxy groups -OCH3 is 1. The molecule has 0 N–H and O–H groups in total. The van der Waals surface area contributed by atoms with E-state index in [1.54, 1.807) is 0 Å². The Kier molecular flexibility index (Phi) is 4.83. The lowest BCUT2D eigenvalue weighted by molar-refractivity contribution is -0.147. The number of piperidine rings is 1. The average molecular weight is 282 g/mol. The predicted molar refractivity (Wildman–Crippen MR) is 76.2 cm³/mol. The summed E-state index contributed by atoms with van der Waals surface area (Å²) in [6.45, 7) is 4.60. The fourth-order valence-corrected chi connectivity index (χ4v) is 2.87. The van der Waals surface area contributed by atoms with Gasteiger partial charge in [-0.25, -0.2) is 0 Å². The minimum Gasteiger partial charge on any atom is -0.469 e. The second-order valence-corrected chi connectivity index (χ2v) is 5.60. The van der Waals surface area contributed by atoms with Crippen molar-refractivity contribution in [3.8, 4) is 0 Å². The Bertz CT molecular complexity index is 461. The number of carbonyl (C=O) groups excluding carboxylic acids is 1. The number of aryl methyl sites for hydroxylation is 1. The van der Waals surface area contributed by atoms with E-state index in [4.69, 9.17) is 16.3 Å². The van der Waals surface area contributed by atoms with Gasteiger partial charge >= 0.3 is 5.97 Å². The van der Waals surface area contributed by atoms with Gasteiger partial charge in [-0.2, -0.15) is 0 Å². The van der Waals surface area contributed by atoms with Gasteiger partial charge in [-0.15, -0.1) is 0 Å². The third-order valence-corrected chi connectivity index (χ3v) is 3.99. The molecule has 1 aromatic rings. The van der Waals surface area contributed by atoms with Crippen LogP contribution >= 0.6 is 11.6 Å². The van der Waals surface area contributed by atoms with Crippen LogP contribution in [0.1, 0.15) is 24.0 Å². The number of nitrogens with zero attached hydrogens (tertiary/aromatic N) is 1. The molecule has 104 valence electrons. The first-order chi connectivity index (χ1) is 9.10. The number of likely N-dealkylation sites (tertiary alicyclic amines) is 1. The second-order valence-electron chi connectivity index (χ2n) is 5.19. The molecule has 1 aliphatic heterocycles. The first-order valence-electron chi connectivity index (χ1n) is 6.65. The molecular weight excluding hydrogens is 262 g/mol. The van der Waals surface area contributed by atoms with Crippen molar-refractivity contribution in [3.63, 3.8) is 0 Å². The monoisotopic (exact) mass is 281 g/mol. The Morgan fingerprint density at radius 2 is 2.32 bits per heavy atom. The minimum absolute atomic E-state index is 0.00275. The Morgan fingerprint density at radius 3 is 3.00 bits per heavy atom. The van der Waals surface area contributed by atoms with E-state index in [0.717, 1.165) is 43.1 Å². The standard InChI is InChI=1S/C15H20ClNO2/c1-11-5-6-12(14(16)8-11)9-17-7-3-4-13(10-17)15(18)19-2/h5-6,8,13H,3-4,7,9-10H2,1-2H3. The smallest absolute Gasteiger partial charge is 0.309 e. The minimum atomic E-state index is -0.0975. The SMILES string of the molecule is COC(=O)C1CCCN(Cc2ccc(C)cc2Cl)C1. The summed E-state index contributed by atoms with van der Waals surface area (Å²) in [6, 6.07) is 6.13. The van der Waals surface area contributed by atoms with Crippen LogP contribution in [0.2, 0.25) is 5.02 Å². The molecule has 0 bridgehead atoms. The van der Waals surface area contributed by atoms with Crippen molar-refractivity contribution in [3.05, 3.63) is 34.3 Å². The molecule has 0 spiro atoms. The van der Waals surface area contributed by atoms with E-state index in [2.05, 4.69) is 17.0 Å². The van der Waals surface area contributed by atoms with Crippen molar-refractivity contribution < 1.29 is 9.53 Å². The first kappa shape index (κ1) is 14.4. The van der Waals surface area contributed by atoms with E-state index < -0.39 is 0 Å². The lowest BCUT2D eigenvalue weighted by atomic mass is 9.97. The zero-order valence-electron chi connectivity index (χ0n) is 11.5. The van der Waals surface area contributed by atoms with Crippen LogP contribution in [0.4, 0.5) is 0 Å². The van der Waals surface area contributed by atoms with E-state index in [0.29, 0.717) is 0 Å². The van der Waals surface area contributed by atoms with Crippen molar-refractivity contribution in [2.45, 2.75) is 26.3 Å². The summed E-state index contributed by atoms with van der Waals surface area (Å²) in [5.74, 6) is -0.0947. The molecule has 1 fully saturated rings. The molecule has 1 atom stereocenters. The predicted octanol–water partition coefficient (Wildman–Crippen LogP) is 3.03. The molecule has 0 radical (unpaired) electrons. The van der Waals surface area contributed by atoms with Crippen LogP contribution in [0, 0.1) is 12.8 Å². The topological polar surface area (TPSA) is 29.5 Å². The molecule has 2 rings (SSSR count). The van der Waals surface area contributed by atoms with Gasteiger partial charge in [0.15, 0.2) is 0 Å². The molecule has 0 aliphatic carbocycles. The van der Waals surface area contributed by atoms with E-state index in [1.165, 1.54) is 12.7 Å². The molecule has 1 aliphatic rings. The van der Waals surface area contributed by atoms with Gasteiger partial charge in [-0.1, -0.05) is 23.7 Å². The maximum Gasteiger partial charge on any atom is 0.309 e. The zero-order chi connectivity index (χ0) is 13.8. The third-order valence-electron chi connectivity index (χ3n) is 3.64. The molecule has 0 amide bonds. The van der Waals surface area contributed by atoms with Crippen LogP contribution in [0.3, 0.4) is 0 Å². The Labute approximate surface area is 119 Å². The van der Waals surface area contributed by atoms with Crippen molar-refractivity contribution in [1.82, 2.24) is 4.90 Å². The molecule has 4 heteroatoms. The number of ether oxygens (including phenoxy) is 1. The Hall–Kier alpha value is -1.06. The number of benzene rings is 1. The molecular formula is C15H20ClNO2. The van der Waals surface area contributed by atoms with Crippen LogP contribution in [0.25, 0.3) is 0 Å². The number of carbonyl (C=O) groups is 1. The summed E-state index contributed by atoms with van der Waals surface area (Å²) in [4.78, 5) is 13.9. The van der Waals surface area contributed by atoms with E-state index in [9.17, 15) is 4.79 Å². The summed E-state index contributed by atoms with van der Waals surface area (Å²) in [6.07, 6.45) is 1.95. The van der Waals surface area contributed by atoms with Crippen LogP contribution in [-0.4, -0.2) is 31.1 Å². The maximum absolute atomic E-state index is 11.6. The Morgan fingerprint density at radius 1 is 1.53 bits per heavy atom. The van der Waals surface area contributed by atoms with Gasteiger partial charge in [0.2, 0.25) is 0 Å². The van der Waals surface area contributed by atoms with Crippen molar-refractivity contribution in [2.75, 3.05) is 20.2 Å². The van der Waals surface area contributed by atoms with Crippen LogP contribution in [0.15, 0.2) is 18.2 Å². The highest BCUT2D eigenvalue weighted by Crippen LogP contribution is 2.23. The molecule has 0 aromatic heterocycles. The molecule has 0 saturated carbocycles. The molecule has 1 saturated heterocycles. The lowest BCUT2D eigenvalue weighted by Crippen LogP contribution is -2.38. The molecule has 1 heterocycles. The van der Waals surface area contributed by atoms with Crippen LogP contribution in [-0.2, 0) is 16.1 Å². The Balaban J connectivity index is 2.00. The van der Waals surface area contributed by atoms with Crippen molar-refractivity contribution in [1.29, 1.82) is 0 Å². The van der Waals surface area contributed by atoms with E-state index >= 15 is 0 Å². The number of esters is 1. The summed E-state index contributed by atoms with van der Waals surface area (Å²) in [5, 5.41) is 0.806. The van der Waals surface area contributed by atoms with Gasteiger partial charge < -0.3 is 4.74 Å². The van der Waals surface area contributed by atoms with Crippen molar-refractivity contribution in [2.24, 2.45) is 5.92 Å². The normalized spacial score (nSPS) is 20.3. The number of hydrogen-bond donors (Lipinski definition) is 0. The van der Waals surface area contributed by atoms with E-state index in [-0.39, 0.29) is 11.9 Å². The second kappa shape index (κ2) is 6.40. The number of hydrogen-bond acceptors (Lipinski definition) is 3. The van der Waals surface area contributed by atoms with Crippen molar-refractivity contribution >= 4 is 17.6 Å². The van der Waals surface area contributed by atoms with Gasteiger partial charge in [-0.3, -0.25) is 9.69 Å². The van der Waals surface area contributed by atoms with Gasteiger partial charge in [0, 0.05) is 18.1 Å². The molecule has 19 heavy (non-hydrogen) atoms. The highest BCUT2D eigenvalue weighted by molar-refractivity contribution is 6.31.